The summed E-state index contributed by atoms with van der Waals surface area (Å²) in [6.45, 7) is 5.76. The minimum Gasteiger partial charge on any atom is -0.493 e. The molecule has 0 saturated heterocycles. The first-order chi connectivity index (χ1) is 17.4. The van der Waals surface area contributed by atoms with Crippen molar-refractivity contribution in [2.45, 2.75) is 39.3 Å². The van der Waals surface area contributed by atoms with Crippen LogP contribution in [0.25, 0.3) is 11.5 Å². The van der Waals surface area contributed by atoms with Gasteiger partial charge in [0.05, 0.1) is 24.0 Å². The van der Waals surface area contributed by atoms with Crippen LogP contribution >= 0.6 is 0 Å². The maximum Gasteiger partial charge on any atom is 0.327 e. The standard InChI is InChI=1S/C28H28N3O5/c1-18(2)34-28(32)26(29)20-8-7-11-23(16-20)33-15-14-24-19(3)35-27(31-24)21-12-13-25(30-17-21)36-22-9-5-4-6-10-22/h4-13,17-18,26H,14-15,29H2,1-3H3. The Bertz CT molecular complexity index is 1290. The van der Waals surface area contributed by atoms with Crippen LogP contribution in [0.2, 0.25) is 0 Å². The van der Waals surface area contributed by atoms with Gasteiger partial charge in [0.2, 0.25) is 11.8 Å². The molecule has 8 heteroatoms. The summed E-state index contributed by atoms with van der Waals surface area (Å²) in [5.74, 6) is 2.36. The fourth-order valence-electron chi connectivity index (χ4n) is 3.38. The van der Waals surface area contributed by atoms with E-state index < -0.39 is 12.0 Å². The summed E-state index contributed by atoms with van der Waals surface area (Å²) in [4.78, 5) is 21.0. The third-order valence-corrected chi connectivity index (χ3v) is 5.17. The van der Waals surface area contributed by atoms with Crippen molar-refractivity contribution in [2.24, 2.45) is 5.73 Å². The normalized spacial score (nSPS) is 11.8. The number of esters is 1. The summed E-state index contributed by atoms with van der Waals surface area (Å²) in [5, 5.41) is 0. The molecule has 0 aliphatic rings. The van der Waals surface area contributed by atoms with Gasteiger partial charge in [0.25, 0.3) is 0 Å². The monoisotopic (exact) mass is 486 g/mol. The summed E-state index contributed by atoms with van der Waals surface area (Å²) in [6, 6.07) is 20.4. The average molecular weight is 487 g/mol. The minimum atomic E-state index is -0.922. The van der Waals surface area contributed by atoms with Crippen LogP contribution in [0, 0.1) is 13.0 Å². The molecular formula is C28H28N3O5. The van der Waals surface area contributed by atoms with Crippen molar-refractivity contribution in [1.29, 1.82) is 0 Å². The summed E-state index contributed by atoms with van der Waals surface area (Å²) < 4.78 is 22.6. The largest absolute Gasteiger partial charge is 0.493 e. The second-order valence-corrected chi connectivity index (χ2v) is 8.35. The Morgan fingerprint density at radius 1 is 1.08 bits per heavy atom. The van der Waals surface area contributed by atoms with E-state index in [-0.39, 0.29) is 6.10 Å². The van der Waals surface area contributed by atoms with Gasteiger partial charge in [0, 0.05) is 24.8 Å². The van der Waals surface area contributed by atoms with E-state index in [9.17, 15) is 4.79 Å². The third kappa shape index (κ3) is 6.49. The number of ether oxygens (including phenoxy) is 3. The fourth-order valence-corrected chi connectivity index (χ4v) is 3.38. The van der Waals surface area contributed by atoms with Crippen LogP contribution in [-0.4, -0.2) is 28.6 Å². The van der Waals surface area contributed by atoms with Gasteiger partial charge in [-0.05, 0) is 50.6 Å². The first-order valence-corrected chi connectivity index (χ1v) is 11.7. The molecule has 0 bridgehead atoms. The smallest absolute Gasteiger partial charge is 0.327 e. The average Bonchev–Trinajstić information content (AvgIpc) is 3.24. The van der Waals surface area contributed by atoms with E-state index in [0.717, 1.165) is 11.3 Å². The molecule has 0 spiro atoms. The predicted molar refractivity (Wildman–Crippen MR) is 134 cm³/mol. The topological polar surface area (TPSA) is 110 Å². The summed E-state index contributed by atoms with van der Waals surface area (Å²) >= 11 is 0. The molecule has 8 nitrogen and oxygen atoms in total. The molecule has 0 amide bonds. The fraction of sp³-hybridized carbons (Fsp3) is 0.250. The van der Waals surface area contributed by atoms with E-state index in [1.165, 1.54) is 0 Å². The number of aryl methyl sites for hydroxylation is 1. The van der Waals surface area contributed by atoms with Gasteiger partial charge in [-0.1, -0.05) is 30.3 Å². The maximum atomic E-state index is 12.1. The van der Waals surface area contributed by atoms with Gasteiger partial charge in [0.1, 0.15) is 23.3 Å². The van der Waals surface area contributed by atoms with Gasteiger partial charge in [-0.3, -0.25) is 0 Å². The summed E-state index contributed by atoms with van der Waals surface area (Å²) in [6.07, 6.45) is 1.95. The van der Waals surface area contributed by atoms with Gasteiger partial charge in [-0.15, -0.1) is 0 Å². The van der Waals surface area contributed by atoms with Gasteiger partial charge >= 0.3 is 5.97 Å². The van der Waals surface area contributed by atoms with E-state index in [4.69, 9.17) is 24.4 Å². The molecule has 0 aliphatic carbocycles. The van der Waals surface area contributed by atoms with E-state index >= 15 is 0 Å². The van der Waals surface area contributed by atoms with Crippen molar-refractivity contribution in [3.8, 4) is 28.8 Å². The highest BCUT2D eigenvalue weighted by Gasteiger charge is 2.19. The lowest BCUT2D eigenvalue weighted by Gasteiger charge is -2.14. The van der Waals surface area contributed by atoms with Crippen LogP contribution in [0.4, 0.5) is 0 Å². The van der Waals surface area contributed by atoms with Gasteiger partial charge < -0.3 is 24.4 Å². The Balaban J connectivity index is 1.34. The summed E-state index contributed by atoms with van der Waals surface area (Å²) in [7, 11) is 0. The number of nitrogens with zero attached hydrogens (tertiary/aromatic N) is 2. The Labute approximate surface area is 210 Å². The van der Waals surface area contributed by atoms with Crippen molar-refractivity contribution in [2.75, 3.05) is 6.61 Å². The molecule has 36 heavy (non-hydrogen) atoms. The number of benzene rings is 2. The lowest BCUT2D eigenvalue weighted by molar-refractivity contribution is -0.149. The predicted octanol–water partition coefficient (Wildman–Crippen LogP) is 5.21. The molecule has 2 aromatic carbocycles. The van der Waals surface area contributed by atoms with Crippen LogP contribution in [0.1, 0.15) is 36.9 Å². The third-order valence-electron chi connectivity index (χ3n) is 5.17. The Kier molecular flexibility index (Phi) is 7.97. The number of rotatable bonds is 10. The molecule has 0 saturated carbocycles. The molecule has 1 radical (unpaired) electrons. The molecule has 4 rings (SSSR count). The zero-order valence-corrected chi connectivity index (χ0v) is 20.4. The van der Waals surface area contributed by atoms with Crippen molar-refractivity contribution in [1.82, 2.24) is 9.97 Å². The number of pyridine rings is 1. The van der Waals surface area contributed by atoms with Crippen molar-refractivity contribution >= 4 is 5.97 Å². The number of carbonyl (C=O) groups excluding carboxylic acids is 1. The molecule has 0 aliphatic heterocycles. The molecule has 2 heterocycles. The van der Waals surface area contributed by atoms with Crippen molar-refractivity contribution in [3.05, 3.63) is 89.9 Å². The van der Waals surface area contributed by atoms with Crippen molar-refractivity contribution in [3.63, 3.8) is 0 Å². The van der Waals surface area contributed by atoms with Crippen LogP contribution in [-0.2, 0) is 16.0 Å². The quantitative estimate of drug-likeness (QED) is 0.304. The zero-order valence-electron chi connectivity index (χ0n) is 20.4. The molecular weight excluding hydrogens is 458 g/mol. The van der Waals surface area contributed by atoms with Crippen LogP contribution in [0.3, 0.4) is 0 Å². The summed E-state index contributed by atoms with van der Waals surface area (Å²) in [5.41, 5.74) is 8.03. The lowest BCUT2D eigenvalue weighted by Crippen LogP contribution is -2.26. The van der Waals surface area contributed by atoms with Gasteiger partial charge in [0.15, 0.2) is 0 Å². The molecule has 2 N–H and O–H groups in total. The second-order valence-electron chi connectivity index (χ2n) is 8.35. The zero-order chi connectivity index (χ0) is 25.5. The van der Waals surface area contributed by atoms with Crippen LogP contribution in [0.5, 0.6) is 17.4 Å². The Morgan fingerprint density at radius 2 is 1.89 bits per heavy atom. The number of para-hydroxylation sites is 1. The highest BCUT2D eigenvalue weighted by atomic mass is 16.5. The SMILES string of the molecule is Cc1oc(-c2ccc(Oc3ccccc3)nc2)nc1CCOc1[c]c(C(N)C(=O)OC(C)C)ccc1. The van der Waals surface area contributed by atoms with Gasteiger partial charge in [-0.2, -0.15) is 0 Å². The lowest BCUT2D eigenvalue weighted by atomic mass is 10.1. The number of oxazole rings is 1. The van der Waals surface area contributed by atoms with Crippen molar-refractivity contribution < 1.29 is 23.4 Å². The van der Waals surface area contributed by atoms with E-state index in [0.29, 0.717) is 47.6 Å². The highest BCUT2D eigenvalue weighted by molar-refractivity contribution is 5.77. The molecule has 185 valence electrons. The minimum absolute atomic E-state index is 0.241. The highest BCUT2D eigenvalue weighted by Crippen LogP contribution is 2.25. The number of aromatic nitrogens is 2. The molecule has 2 aromatic heterocycles. The maximum absolute atomic E-state index is 12.1. The molecule has 1 atom stereocenters. The van der Waals surface area contributed by atoms with E-state index in [1.807, 2.05) is 43.3 Å². The number of carbonyl (C=O) groups is 1. The molecule has 1 unspecified atom stereocenters. The number of hydrogen-bond acceptors (Lipinski definition) is 8. The van der Waals surface area contributed by atoms with Crippen LogP contribution < -0.4 is 15.2 Å². The van der Waals surface area contributed by atoms with E-state index in [2.05, 4.69) is 16.0 Å². The Morgan fingerprint density at radius 3 is 2.61 bits per heavy atom. The molecule has 4 aromatic rings. The molecule has 0 fully saturated rings. The van der Waals surface area contributed by atoms with Gasteiger partial charge in [-0.25, -0.2) is 14.8 Å². The number of nitrogens with two attached hydrogens (primary N) is 1. The first-order valence-electron chi connectivity index (χ1n) is 11.7. The Hall–Kier alpha value is -4.17. The number of hydrogen-bond donors (Lipinski definition) is 1. The van der Waals surface area contributed by atoms with E-state index in [1.54, 1.807) is 44.3 Å². The van der Waals surface area contributed by atoms with Crippen LogP contribution in [0.15, 0.2) is 71.3 Å². The first kappa shape index (κ1) is 24.9. The second kappa shape index (κ2) is 11.5.